The summed E-state index contributed by atoms with van der Waals surface area (Å²) in [5.41, 5.74) is 6.37. The number of carbonyl (C=O) groups is 2. The van der Waals surface area contributed by atoms with E-state index in [-0.39, 0.29) is 12.4 Å². The summed E-state index contributed by atoms with van der Waals surface area (Å²) in [7, 11) is 0. The van der Waals surface area contributed by atoms with Crippen molar-refractivity contribution < 1.29 is 14.3 Å². The Morgan fingerprint density at radius 3 is 2.10 bits per heavy atom. The van der Waals surface area contributed by atoms with Crippen LogP contribution in [0.2, 0.25) is 0 Å². The van der Waals surface area contributed by atoms with Crippen LogP contribution >= 0.6 is 0 Å². The summed E-state index contributed by atoms with van der Waals surface area (Å²) in [6.45, 7) is 5.43. The molecule has 1 amide bonds. The first kappa shape index (κ1) is 14.6. The Hall–Kier alpha value is -1.84. The summed E-state index contributed by atoms with van der Waals surface area (Å²) < 4.78 is 5.33. The SMILES string of the molecule is CC(C)(C)OC(=O)CC1(C(N)=O)Cc2ccccc2C1. The molecule has 0 aromatic heterocycles. The third kappa shape index (κ3) is 3.00. The largest absolute Gasteiger partial charge is 0.460 e. The highest BCUT2D eigenvalue weighted by atomic mass is 16.6. The number of ether oxygens (including phenoxy) is 1. The minimum Gasteiger partial charge on any atom is -0.460 e. The van der Waals surface area contributed by atoms with Gasteiger partial charge >= 0.3 is 5.97 Å². The monoisotopic (exact) mass is 275 g/mol. The Morgan fingerprint density at radius 1 is 1.20 bits per heavy atom. The average molecular weight is 275 g/mol. The zero-order valence-corrected chi connectivity index (χ0v) is 12.2. The van der Waals surface area contributed by atoms with E-state index in [1.165, 1.54) is 0 Å². The highest BCUT2D eigenvalue weighted by molar-refractivity contribution is 5.87. The molecule has 1 aliphatic rings. The average Bonchev–Trinajstić information content (AvgIpc) is 2.65. The standard InChI is InChI=1S/C16H21NO3/c1-15(2,3)20-13(18)10-16(14(17)19)8-11-6-4-5-7-12(11)9-16/h4-7H,8-10H2,1-3H3,(H2,17,19). The lowest BCUT2D eigenvalue weighted by atomic mass is 9.80. The van der Waals surface area contributed by atoms with Crippen LogP contribution in [-0.4, -0.2) is 17.5 Å². The zero-order chi connectivity index (χ0) is 15.0. The van der Waals surface area contributed by atoms with Crippen LogP contribution in [0.5, 0.6) is 0 Å². The first-order valence-electron chi connectivity index (χ1n) is 6.80. The Kier molecular flexibility index (Phi) is 3.59. The van der Waals surface area contributed by atoms with Gasteiger partial charge in [-0.2, -0.15) is 0 Å². The Labute approximate surface area is 119 Å². The molecule has 0 atom stereocenters. The Morgan fingerprint density at radius 2 is 1.70 bits per heavy atom. The minimum absolute atomic E-state index is 0.0360. The van der Waals surface area contributed by atoms with Crippen LogP contribution < -0.4 is 5.73 Å². The molecule has 0 heterocycles. The summed E-state index contributed by atoms with van der Waals surface area (Å²) in [6.07, 6.45) is 1.06. The van der Waals surface area contributed by atoms with Crippen LogP contribution in [0, 0.1) is 5.41 Å². The lowest BCUT2D eigenvalue weighted by molar-refractivity contribution is -0.159. The molecule has 108 valence electrons. The Bertz CT molecular complexity index is 518. The fourth-order valence-corrected chi connectivity index (χ4v) is 2.73. The maximum atomic E-state index is 12.0. The fourth-order valence-electron chi connectivity index (χ4n) is 2.73. The molecule has 0 saturated heterocycles. The van der Waals surface area contributed by atoms with Crippen molar-refractivity contribution >= 4 is 11.9 Å². The van der Waals surface area contributed by atoms with Gasteiger partial charge < -0.3 is 10.5 Å². The number of carbonyl (C=O) groups excluding carboxylic acids is 2. The number of hydrogen-bond acceptors (Lipinski definition) is 3. The maximum Gasteiger partial charge on any atom is 0.307 e. The zero-order valence-electron chi connectivity index (χ0n) is 12.2. The van der Waals surface area contributed by atoms with Crippen molar-refractivity contribution in [2.45, 2.75) is 45.6 Å². The molecule has 20 heavy (non-hydrogen) atoms. The molecule has 2 N–H and O–H groups in total. The molecule has 2 rings (SSSR count). The molecule has 0 radical (unpaired) electrons. The van der Waals surface area contributed by atoms with Crippen molar-refractivity contribution in [3.63, 3.8) is 0 Å². The second-order valence-electron chi connectivity index (χ2n) is 6.53. The predicted octanol–water partition coefficient (Wildman–Crippen LogP) is 1.99. The van der Waals surface area contributed by atoms with E-state index in [1.54, 1.807) is 0 Å². The van der Waals surface area contributed by atoms with Gasteiger partial charge in [-0.1, -0.05) is 24.3 Å². The number of benzene rings is 1. The van der Waals surface area contributed by atoms with Crippen LogP contribution in [0.15, 0.2) is 24.3 Å². The highest BCUT2D eigenvalue weighted by Gasteiger charge is 2.44. The van der Waals surface area contributed by atoms with Crippen molar-refractivity contribution in [3.8, 4) is 0 Å². The quantitative estimate of drug-likeness (QED) is 0.858. The number of nitrogens with two attached hydrogens (primary N) is 1. The van der Waals surface area contributed by atoms with E-state index in [1.807, 2.05) is 45.0 Å². The lowest BCUT2D eigenvalue weighted by Crippen LogP contribution is -2.41. The predicted molar refractivity (Wildman–Crippen MR) is 75.9 cm³/mol. The van der Waals surface area contributed by atoms with Gasteiger partial charge in [-0.25, -0.2) is 0 Å². The number of rotatable bonds is 3. The number of fused-ring (bicyclic) bond motifs is 1. The Balaban J connectivity index is 2.18. The summed E-state index contributed by atoms with van der Waals surface area (Å²) >= 11 is 0. The smallest absolute Gasteiger partial charge is 0.307 e. The van der Waals surface area contributed by atoms with E-state index >= 15 is 0 Å². The molecule has 4 nitrogen and oxygen atoms in total. The summed E-state index contributed by atoms with van der Waals surface area (Å²) in [6, 6.07) is 7.83. The van der Waals surface area contributed by atoms with Crippen LogP contribution in [0.25, 0.3) is 0 Å². The third-order valence-corrected chi connectivity index (χ3v) is 3.60. The van der Waals surface area contributed by atoms with E-state index in [0.717, 1.165) is 11.1 Å². The summed E-state index contributed by atoms with van der Waals surface area (Å²) in [4.78, 5) is 24.0. The lowest BCUT2D eigenvalue weighted by Gasteiger charge is -2.27. The van der Waals surface area contributed by atoms with Crippen LogP contribution in [0.3, 0.4) is 0 Å². The maximum absolute atomic E-state index is 12.0. The molecule has 1 aliphatic carbocycles. The van der Waals surface area contributed by atoms with E-state index in [4.69, 9.17) is 10.5 Å². The third-order valence-electron chi connectivity index (χ3n) is 3.60. The number of primary amides is 1. The first-order chi connectivity index (χ1) is 9.22. The van der Waals surface area contributed by atoms with Gasteiger partial charge in [-0.3, -0.25) is 9.59 Å². The molecule has 1 aromatic carbocycles. The van der Waals surface area contributed by atoms with Gasteiger partial charge in [0.25, 0.3) is 0 Å². The van der Waals surface area contributed by atoms with Crippen LogP contribution in [0.4, 0.5) is 0 Å². The molecule has 0 bridgehead atoms. The first-order valence-corrected chi connectivity index (χ1v) is 6.80. The molecule has 0 spiro atoms. The van der Waals surface area contributed by atoms with Gasteiger partial charge in [-0.15, -0.1) is 0 Å². The number of hydrogen-bond donors (Lipinski definition) is 1. The molecule has 0 unspecified atom stereocenters. The molecule has 1 aromatic rings. The second kappa shape index (κ2) is 4.93. The van der Waals surface area contributed by atoms with E-state index in [9.17, 15) is 9.59 Å². The van der Waals surface area contributed by atoms with Gasteiger partial charge in [-0.05, 0) is 44.7 Å². The fraction of sp³-hybridized carbons (Fsp3) is 0.500. The van der Waals surface area contributed by atoms with Crippen molar-refractivity contribution in [2.75, 3.05) is 0 Å². The van der Waals surface area contributed by atoms with Gasteiger partial charge in [0, 0.05) is 0 Å². The van der Waals surface area contributed by atoms with Crippen LogP contribution in [0.1, 0.15) is 38.3 Å². The second-order valence-corrected chi connectivity index (χ2v) is 6.53. The highest BCUT2D eigenvalue weighted by Crippen LogP contribution is 2.40. The van der Waals surface area contributed by atoms with Crippen molar-refractivity contribution in [3.05, 3.63) is 35.4 Å². The van der Waals surface area contributed by atoms with E-state index in [2.05, 4.69) is 0 Å². The topological polar surface area (TPSA) is 69.4 Å². The molecule has 4 heteroatoms. The molecule has 0 aliphatic heterocycles. The summed E-state index contributed by atoms with van der Waals surface area (Å²) in [5, 5.41) is 0. The number of esters is 1. The van der Waals surface area contributed by atoms with Gasteiger partial charge in [0.05, 0.1) is 11.8 Å². The van der Waals surface area contributed by atoms with Gasteiger partial charge in [0.15, 0.2) is 0 Å². The van der Waals surface area contributed by atoms with Gasteiger partial charge in [0.1, 0.15) is 5.60 Å². The normalized spacial score (nSPS) is 16.6. The van der Waals surface area contributed by atoms with Gasteiger partial charge in [0.2, 0.25) is 5.91 Å². The van der Waals surface area contributed by atoms with Crippen molar-refractivity contribution in [1.29, 1.82) is 0 Å². The minimum atomic E-state index is -0.841. The molecule has 0 fully saturated rings. The summed E-state index contributed by atoms with van der Waals surface area (Å²) in [5.74, 6) is -0.802. The van der Waals surface area contributed by atoms with Crippen molar-refractivity contribution in [2.24, 2.45) is 11.1 Å². The van der Waals surface area contributed by atoms with Crippen molar-refractivity contribution in [1.82, 2.24) is 0 Å². The molecular formula is C16H21NO3. The van der Waals surface area contributed by atoms with Crippen LogP contribution in [-0.2, 0) is 27.2 Å². The number of amides is 1. The van der Waals surface area contributed by atoms with E-state index < -0.39 is 16.9 Å². The molecular weight excluding hydrogens is 254 g/mol. The van der Waals surface area contributed by atoms with E-state index in [0.29, 0.717) is 12.8 Å². The molecule has 0 saturated carbocycles.